The minimum atomic E-state index is -1.01. The van der Waals surface area contributed by atoms with Crippen LogP contribution in [0.5, 0.6) is 0 Å². The molecule has 0 aromatic heterocycles. The molecule has 1 aromatic carbocycles. The van der Waals surface area contributed by atoms with Gasteiger partial charge in [0.05, 0.1) is 24.1 Å². The predicted molar refractivity (Wildman–Crippen MR) is 69.1 cm³/mol. The normalized spacial score (nSPS) is 22.2. The molecule has 19 heavy (non-hydrogen) atoms. The van der Waals surface area contributed by atoms with Gasteiger partial charge in [-0.25, -0.2) is 4.79 Å². The molecule has 2 rings (SSSR count). The molecular formula is C14H17NO4. The number of aromatic carboxylic acids is 1. The van der Waals surface area contributed by atoms with Crippen molar-refractivity contribution in [1.82, 2.24) is 5.32 Å². The van der Waals surface area contributed by atoms with E-state index in [1.165, 1.54) is 6.07 Å². The molecule has 1 atom stereocenters. The van der Waals surface area contributed by atoms with Crippen molar-refractivity contribution in [1.29, 1.82) is 0 Å². The first-order chi connectivity index (χ1) is 9.00. The Kier molecular flexibility index (Phi) is 3.85. The van der Waals surface area contributed by atoms with Crippen molar-refractivity contribution >= 4 is 11.9 Å². The SMILES string of the molecule is CC1(NC(=O)Cc2ccccc2C(=O)O)CCOC1. The molecule has 102 valence electrons. The second kappa shape index (κ2) is 5.40. The zero-order chi connectivity index (χ0) is 13.9. The van der Waals surface area contributed by atoms with Crippen LogP contribution in [0.4, 0.5) is 0 Å². The number of carboxylic acid groups (broad SMARTS) is 1. The van der Waals surface area contributed by atoms with E-state index in [0.29, 0.717) is 18.8 Å². The fourth-order valence-electron chi connectivity index (χ4n) is 2.20. The van der Waals surface area contributed by atoms with E-state index in [0.717, 1.165) is 6.42 Å². The lowest BCUT2D eigenvalue weighted by atomic mass is 10.00. The number of benzene rings is 1. The maximum Gasteiger partial charge on any atom is 0.335 e. The van der Waals surface area contributed by atoms with E-state index in [-0.39, 0.29) is 23.4 Å². The van der Waals surface area contributed by atoms with Gasteiger partial charge in [-0.2, -0.15) is 0 Å². The van der Waals surface area contributed by atoms with Crippen LogP contribution < -0.4 is 5.32 Å². The molecule has 1 saturated heterocycles. The van der Waals surface area contributed by atoms with Crippen molar-refractivity contribution in [2.75, 3.05) is 13.2 Å². The lowest BCUT2D eigenvalue weighted by molar-refractivity contribution is -0.122. The summed E-state index contributed by atoms with van der Waals surface area (Å²) >= 11 is 0. The third-order valence-corrected chi connectivity index (χ3v) is 3.26. The van der Waals surface area contributed by atoms with Crippen LogP contribution in [0, 0.1) is 0 Å². The Morgan fingerprint density at radius 3 is 2.79 bits per heavy atom. The van der Waals surface area contributed by atoms with Gasteiger partial charge in [0, 0.05) is 6.61 Å². The molecule has 1 aliphatic heterocycles. The maximum atomic E-state index is 12.0. The summed E-state index contributed by atoms with van der Waals surface area (Å²) in [4.78, 5) is 23.0. The lowest BCUT2D eigenvalue weighted by Crippen LogP contribution is -2.47. The van der Waals surface area contributed by atoms with Gasteiger partial charge in [0.25, 0.3) is 0 Å². The summed E-state index contributed by atoms with van der Waals surface area (Å²) in [5.41, 5.74) is 0.357. The predicted octanol–water partition coefficient (Wildman–Crippen LogP) is 1.22. The highest BCUT2D eigenvalue weighted by Gasteiger charge is 2.31. The molecule has 0 radical (unpaired) electrons. The molecule has 1 amide bonds. The summed E-state index contributed by atoms with van der Waals surface area (Å²) in [5.74, 6) is -1.19. The monoisotopic (exact) mass is 263 g/mol. The van der Waals surface area contributed by atoms with E-state index in [1.807, 2.05) is 6.92 Å². The van der Waals surface area contributed by atoms with Gasteiger partial charge in [0.15, 0.2) is 0 Å². The Bertz CT molecular complexity index is 492. The van der Waals surface area contributed by atoms with Crippen LogP contribution in [0.3, 0.4) is 0 Å². The van der Waals surface area contributed by atoms with Crippen LogP contribution in [0.2, 0.25) is 0 Å². The fraction of sp³-hybridized carbons (Fsp3) is 0.429. The topological polar surface area (TPSA) is 75.6 Å². The summed E-state index contributed by atoms with van der Waals surface area (Å²) in [6.45, 7) is 3.07. The maximum absolute atomic E-state index is 12.0. The van der Waals surface area contributed by atoms with Gasteiger partial charge >= 0.3 is 5.97 Å². The average molecular weight is 263 g/mol. The van der Waals surface area contributed by atoms with Gasteiger partial charge < -0.3 is 15.2 Å². The summed E-state index contributed by atoms with van der Waals surface area (Å²) in [6.07, 6.45) is 0.845. The molecule has 5 heteroatoms. The Morgan fingerprint density at radius 1 is 1.42 bits per heavy atom. The van der Waals surface area contributed by atoms with Gasteiger partial charge in [0.1, 0.15) is 0 Å². The lowest BCUT2D eigenvalue weighted by Gasteiger charge is -2.23. The second-order valence-corrected chi connectivity index (χ2v) is 5.05. The Balaban J connectivity index is 2.05. The van der Waals surface area contributed by atoms with Gasteiger partial charge in [-0.15, -0.1) is 0 Å². The van der Waals surface area contributed by atoms with E-state index in [2.05, 4.69) is 5.32 Å². The molecule has 1 unspecified atom stereocenters. The highest BCUT2D eigenvalue weighted by atomic mass is 16.5. The van der Waals surface area contributed by atoms with E-state index < -0.39 is 5.97 Å². The largest absolute Gasteiger partial charge is 0.478 e. The standard InChI is InChI=1S/C14H17NO4/c1-14(6-7-19-9-14)15-12(16)8-10-4-2-3-5-11(10)13(17)18/h2-5H,6-9H2,1H3,(H,15,16)(H,17,18). The van der Waals surface area contributed by atoms with Crippen LogP contribution in [-0.4, -0.2) is 35.7 Å². The van der Waals surface area contributed by atoms with Gasteiger partial charge in [-0.05, 0) is 25.0 Å². The van der Waals surface area contributed by atoms with Gasteiger partial charge in [-0.3, -0.25) is 4.79 Å². The first-order valence-corrected chi connectivity index (χ1v) is 6.20. The number of rotatable bonds is 4. The molecule has 1 fully saturated rings. The number of carboxylic acids is 1. The van der Waals surface area contributed by atoms with E-state index in [9.17, 15) is 9.59 Å². The van der Waals surface area contributed by atoms with Crippen molar-refractivity contribution in [2.24, 2.45) is 0 Å². The van der Waals surface area contributed by atoms with E-state index in [1.54, 1.807) is 18.2 Å². The highest BCUT2D eigenvalue weighted by molar-refractivity contribution is 5.91. The molecule has 0 bridgehead atoms. The number of hydrogen-bond acceptors (Lipinski definition) is 3. The second-order valence-electron chi connectivity index (χ2n) is 5.05. The zero-order valence-electron chi connectivity index (χ0n) is 10.8. The van der Waals surface area contributed by atoms with Gasteiger partial charge in [-0.1, -0.05) is 18.2 Å². The zero-order valence-corrected chi connectivity index (χ0v) is 10.8. The Labute approximate surface area is 111 Å². The Hall–Kier alpha value is -1.88. The minimum absolute atomic E-state index is 0.0675. The van der Waals surface area contributed by atoms with Crippen molar-refractivity contribution < 1.29 is 19.4 Å². The number of nitrogens with one attached hydrogen (secondary N) is 1. The van der Waals surface area contributed by atoms with Crippen molar-refractivity contribution in [3.8, 4) is 0 Å². The molecule has 1 heterocycles. The molecular weight excluding hydrogens is 246 g/mol. The molecule has 1 aliphatic rings. The first kappa shape index (κ1) is 13.5. The number of hydrogen-bond donors (Lipinski definition) is 2. The number of ether oxygens (including phenoxy) is 1. The third-order valence-electron chi connectivity index (χ3n) is 3.26. The van der Waals surface area contributed by atoms with Crippen LogP contribution in [0.15, 0.2) is 24.3 Å². The number of carbonyl (C=O) groups excluding carboxylic acids is 1. The summed E-state index contributed by atoms with van der Waals surface area (Å²) in [5, 5.41) is 12.0. The fourth-order valence-corrected chi connectivity index (χ4v) is 2.20. The molecule has 0 saturated carbocycles. The third kappa shape index (κ3) is 3.32. The first-order valence-electron chi connectivity index (χ1n) is 6.20. The number of amides is 1. The Morgan fingerprint density at radius 2 is 2.16 bits per heavy atom. The average Bonchev–Trinajstić information content (AvgIpc) is 2.75. The summed E-state index contributed by atoms with van der Waals surface area (Å²) < 4.78 is 5.26. The minimum Gasteiger partial charge on any atom is -0.478 e. The van der Waals surface area contributed by atoms with Crippen molar-refractivity contribution in [3.63, 3.8) is 0 Å². The van der Waals surface area contributed by atoms with Crippen LogP contribution >= 0.6 is 0 Å². The smallest absolute Gasteiger partial charge is 0.335 e. The van der Waals surface area contributed by atoms with Crippen molar-refractivity contribution in [3.05, 3.63) is 35.4 Å². The highest BCUT2D eigenvalue weighted by Crippen LogP contribution is 2.18. The van der Waals surface area contributed by atoms with Crippen LogP contribution in [0.25, 0.3) is 0 Å². The molecule has 1 aromatic rings. The molecule has 0 aliphatic carbocycles. The number of carbonyl (C=O) groups is 2. The summed E-state index contributed by atoms with van der Waals surface area (Å²) in [7, 11) is 0. The quantitative estimate of drug-likeness (QED) is 0.856. The van der Waals surface area contributed by atoms with E-state index >= 15 is 0 Å². The van der Waals surface area contributed by atoms with Crippen LogP contribution in [0.1, 0.15) is 29.3 Å². The molecule has 5 nitrogen and oxygen atoms in total. The van der Waals surface area contributed by atoms with Crippen molar-refractivity contribution in [2.45, 2.75) is 25.3 Å². The molecule has 0 spiro atoms. The van der Waals surface area contributed by atoms with Crippen LogP contribution in [-0.2, 0) is 16.0 Å². The molecule has 2 N–H and O–H groups in total. The van der Waals surface area contributed by atoms with Gasteiger partial charge in [0.2, 0.25) is 5.91 Å². The van der Waals surface area contributed by atoms with E-state index in [4.69, 9.17) is 9.84 Å². The summed E-state index contributed by atoms with van der Waals surface area (Å²) in [6, 6.07) is 6.55.